The molecular weight excluding hydrogens is 268 g/mol. The van der Waals surface area contributed by atoms with Crippen molar-refractivity contribution in [3.05, 3.63) is 52.6 Å². The van der Waals surface area contributed by atoms with Gasteiger partial charge in [0.05, 0.1) is 13.2 Å². The fourth-order valence-corrected chi connectivity index (χ4v) is 2.21. The van der Waals surface area contributed by atoms with Crippen LogP contribution in [-0.2, 0) is 0 Å². The van der Waals surface area contributed by atoms with Crippen LogP contribution in [0.5, 0.6) is 5.75 Å². The first-order chi connectivity index (χ1) is 9.93. The van der Waals surface area contributed by atoms with E-state index in [0.717, 1.165) is 5.57 Å². The molecule has 1 aliphatic carbocycles. The van der Waals surface area contributed by atoms with Gasteiger partial charge in [0, 0.05) is 16.7 Å². The number of Topliss-reactive ketones (excluding diaryl/α,β-unsaturated/α-hetero) is 1. The van der Waals surface area contributed by atoms with E-state index in [1.165, 1.54) is 19.3 Å². The summed E-state index contributed by atoms with van der Waals surface area (Å²) in [7, 11) is 1.50. The minimum atomic E-state index is -0.976. The Kier molecular flexibility index (Phi) is 4.38. The number of aliphatic hydroxyl groups is 1. The van der Waals surface area contributed by atoms with E-state index < -0.39 is 6.10 Å². The minimum Gasteiger partial charge on any atom is -0.497 e. The van der Waals surface area contributed by atoms with Crippen molar-refractivity contribution in [1.29, 1.82) is 0 Å². The Morgan fingerprint density at radius 1 is 1.29 bits per heavy atom. The number of carbonyl (C=O) groups is 2. The Hall–Kier alpha value is -2.20. The SMILES string of the molecule is COc1ccc2c(c1)C(=O)C(C(O)CC=C(C)C)=CC2=O. The quantitative estimate of drug-likeness (QED) is 0.864. The summed E-state index contributed by atoms with van der Waals surface area (Å²) in [4.78, 5) is 24.5. The van der Waals surface area contributed by atoms with Gasteiger partial charge in [0.15, 0.2) is 11.6 Å². The van der Waals surface area contributed by atoms with Crippen LogP contribution < -0.4 is 4.74 Å². The molecule has 1 unspecified atom stereocenters. The molecular formula is C17H18O4. The highest BCUT2D eigenvalue weighted by Gasteiger charge is 2.29. The van der Waals surface area contributed by atoms with Gasteiger partial charge in [0.1, 0.15) is 5.75 Å². The summed E-state index contributed by atoms with van der Waals surface area (Å²) in [5.74, 6) is -0.0772. The number of hydrogen-bond donors (Lipinski definition) is 1. The second-order valence-electron chi connectivity index (χ2n) is 5.24. The van der Waals surface area contributed by atoms with Crippen LogP contribution in [-0.4, -0.2) is 29.9 Å². The Bertz CT molecular complexity index is 649. The van der Waals surface area contributed by atoms with E-state index in [-0.39, 0.29) is 22.7 Å². The van der Waals surface area contributed by atoms with Crippen molar-refractivity contribution < 1.29 is 19.4 Å². The van der Waals surface area contributed by atoms with Crippen molar-refractivity contribution in [2.45, 2.75) is 26.4 Å². The number of ketones is 2. The topological polar surface area (TPSA) is 63.6 Å². The smallest absolute Gasteiger partial charge is 0.192 e. The third-order valence-corrected chi connectivity index (χ3v) is 3.39. The summed E-state index contributed by atoms with van der Waals surface area (Å²) in [5, 5.41) is 10.1. The number of allylic oxidation sites excluding steroid dienone is 2. The van der Waals surface area contributed by atoms with Crippen LogP contribution in [0.25, 0.3) is 0 Å². The maximum Gasteiger partial charge on any atom is 0.192 e. The standard InChI is InChI=1S/C17H18O4/c1-10(2)4-7-15(18)14-9-16(19)12-6-5-11(21-3)8-13(12)17(14)20/h4-6,8-9,15,18H,7H2,1-3H3. The summed E-state index contributed by atoms with van der Waals surface area (Å²) in [6, 6.07) is 4.75. The zero-order chi connectivity index (χ0) is 15.6. The fourth-order valence-electron chi connectivity index (χ4n) is 2.21. The molecule has 0 fully saturated rings. The highest BCUT2D eigenvalue weighted by Crippen LogP contribution is 2.27. The van der Waals surface area contributed by atoms with Gasteiger partial charge in [-0.25, -0.2) is 0 Å². The average molecular weight is 286 g/mol. The fraction of sp³-hybridized carbons (Fsp3) is 0.294. The first-order valence-electron chi connectivity index (χ1n) is 6.74. The number of fused-ring (bicyclic) bond motifs is 1. The van der Waals surface area contributed by atoms with Gasteiger partial charge in [-0.1, -0.05) is 11.6 Å². The van der Waals surface area contributed by atoms with Gasteiger partial charge in [-0.3, -0.25) is 9.59 Å². The molecule has 0 heterocycles. The Morgan fingerprint density at radius 3 is 2.62 bits per heavy atom. The van der Waals surface area contributed by atoms with Crippen molar-refractivity contribution in [2.24, 2.45) is 0 Å². The summed E-state index contributed by atoms with van der Waals surface area (Å²) in [5.41, 5.74) is 1.82. The minimum absolute atomic E-state index is 0.137. The lowest BCUT2D eigenvalue weighted by Crippen LogP contribution is -2.25. The number of ether oxygens (including phenoxy) is 1. The zero-order valence-electron chi connectivity index (χ0n) is 12.3. The predicted molar refractivity (Wildman–Crippen MR) is 79.8 cm³/mol. The van der Waals surface area contributed by atoms with Gasteiger partial charge in [0.2, 0.25) is 0 Å². The van der Waals surface area contributed by atoms with Crippen LogP contribution in [0.15, 0.2) is 41.5 Å². The van der Waals surface area contributed by atoms with E-state index >= 15 is 0 Å². The second kappa shape index (κ2) is 6.06. The molecule has 110 valence electrons. The first-order valence-corrected chi connectivity index (χ1v) is 6.74. The first kappa shape index (κ1) is 15.2. The molecule has 1 aromatic rings. The van der Waals surface area contributed by atoms with Gasteiger partial charge in [-0.15, -0.1) is 0 Å². The predicted octanol–water partition coefficient (Wildman–Crippen LogP) is 2.72. The van der Waals surface area contributed by atoms with Crippen molar-refractivity contribution >= 4 is 11.6 Å². The van der Waals surface area contributed by atoms with E-state index in [0.29, 0.717) is 17.7 Å². The molecule has 0 aromatic heterocycles. The molecule has 0 saturated heterocycles. The highest BCUT2D eigenvalue weighted by molar-refractivity contribution is 6.25. The van der Waals surface area contributed by atoms with E-state index in [9.17, 15) is 14.7 Å². The number of rotatable bonds is 4. The van der Waals surface area contributed by atoms with E-state index in [4.69, 9.17) is 4.74 Å². The summed E-state index contributed by atoms with van der Waals surface area (Å²) < 4.78 is 5.08. The number of carbonyl (C=O) groups excluding carboxylic acids is 2. The van der Waals surface area contributed by atoms with Crippen molar-refractivity contribution in [3.8, 4) is 5.75 Å². The largest absolute Gasteiger partial charge is 0.497 e. The molecule has 1 atom stereocenters. The molecule has 0 radical (unpaired) electrons. The molecule has 0 saturated carbocycles. The maximum absolute atomic E-state index is 12.5. The summed E-state index contributed by atoms with van der Waals surface area (Å²) in [6.45, 7) is 3.82. The maximum atomic E-state index is 12.5. The van der Waals surface area contributed by atoms with Crippen molar-refractivity contribution in [3.63, 3.8) is 0 Å². The van der Waals surface area contributed by atoms with Crippen LogP contribution in [0.1, 0.15) is 41.0 Å². The number of methoxy groups -OCH3 is 1. The molecule has 0 spiro atoms. The van der Waals surface area contributed by atoms with Gasteiger partial charge in [-0.05, 0) is 44.5 Å². The Balaban J connectivity index is 2.37. The molecule has 0 bridgehead atoms. The van der Waals surface area contributed by atoms with E-state index in [2.05, 4.69) is 0 Å². The van der Waals surface area contributed by atoms with Crippen LogP contribution in [0.2, 0.25) is 0 Å². The van der Waals surface area contributed by atoms with E-state index in [1.54, 1.807) is 12.1 Å². The van der Waals surface area contributed by atoms with Gasteiger partial charge in [-0.2, -0.15) is 0 Å². The normalized spacial score (nSPS) is 15.1. The summed E-state index contributed by atoms with van der Waals surface area (Å²) in [6.07, 6.45) is 2.41. The lowest BCUT2D eigenvalue weighted by atomic mass is 9.86. The molecule has 1 aromatic carbocycles. The van der Waals surface area contributed by atoms with Crippen LogP contribution in [0, 0.1) is 0 Å². The number of hydrogen-bond acceptors (Lipinski definition) is 4. The third-order valence-electron chi connectivity index (χ3n) is 3.39. The molecule has 21 heavy (non-hydrogen) atoms. The number of aliphatic hydroxyl groups excluding tert-OH is 1. The van der Waals surface area contributed by atoms with Gasteiger partial charge >= 0.3 is 0 Å². The monoisotopic (exact) mass is 286 g/mol. The van der Waals surface area contributed by atoms with Gasteiger partial charge < -0.3 is 9.84 Å². The molecule has 2 rings (SSSR count). The van der Waals surface area contributed by atoms with Crippen LogP contribution >= 0.6 is 0 Å². The molecule has 1 aliphatic rings. The van der Waals surface area contributed by atoms with Crippen molar-refractivity contribution in [2.75, 3.05) is 7.11 Å². The van der Waals surface area contributed by atoms with Crippen LogP contribution in [0.4, 0.5) is 0 Å². The third kappa shape index (κ3) is 3.11. The molecule has 1 N–H and O–H groups in total. The molecule has 0 amide bonds. The van der Waals surface area contributed by atoms with Gasteiger partial charge in [0.25, 0.3) is 0 Å². The highest BCUT2D eigenvalue weighted by atomic mass is 16.5. The Morgan fingerprint density at radius 2 is 2.00 bits per heavy atom. The molecule has 4 nitrogen and oxygen atoms in total. The average Bonchev–Trinajstić information content (AvgIpc) is 2.47. The van der Waals surface area contributed by atoms with Crippen LogP contribution in [0.3, 0.4) is 0 Å². The lowest BCUT2D eigenvalue weighted by molar-refractivity contribution is 0.0947. The molecule has 0 aliphatic heterocycles. The number of benzene rings is 1. The second-order valence-corrected chi connectivity index (χ2v) is 5.24. The van der Waals surface area contributed by atoms with Crippen molar-refractivity contribution in [1.82, 2.24) is 0 Å². The summed E-state index contributed by atoms with van der Waals surface area (Å²) >= 11 is 0. The van der Waals surface area contributed by atoms with E-state index in [1.807, 2.05) is 19.9 Å². The zero-order valence-corrected chi connectivity index (χ0v) is 12.3. The molecule has 4 heteroatoms. The Labute approximate surface area is 123 Å². The lowest BCUT2D eigenvalue weighted by Gasteiger charge is -2.19.